The van der Waals surface area contributed by atoms with Crippen molar-refractivity contribution in [2.45, 2.75) is 13.0 Å². The van der Waals surface area contributed by atoms with E-state index in [-0.39, 0.29) is 0 Å². The van der Waals surface area contributed by atoms with Gasteiger partial charge in [-0.25, -0.2) is 9.67 Å². The molecule has 78 valence electrons. The topological polar surface area (TPSA) is 42.7 Å². The summed E-state index contributed by atoms with van der Waals surface area (Å²) >= 11 is 0. The number of pyridine rings is 1. The van der Waals surface area contributed by atoms with Gasteiger partial charge in [-0.15, -0.1) is 0 Å². The van der Waals surface area contributed by atoms with Gasteiger partial charge in [0.05, 0.1) is 0 Å². The van der Waals surface area contributed by atoms with E-state index < -0.39 is 0 Å². The molecule has 0 saturated heterocycles. The molecular weight excluding hydrogens is 188 g/mol. The minimum absolute atomic E-state index is 0.323. The molecule has 0 aliphatic rings. The molecule has 15 heavy (non-hydrogen) atoms. The Morgan fingerprint density at radius 3 is 2.80 bits per heavy atom. The summed E-state index contributed by atoms with van der Waals surface area (Å²) in [6.07, 6.45) is 5.49. The standard InChI is InChI=1S/C11H14N4/c1-9(12-2)10-4-5-11(13-8-10)15-7-3-6-14-15/h3-9,12H,1-2H3/t9-/m0/s1. The molecule has 0 spiro atoms. The van der Waals surface area contributed by atoms with Gasteiger partial charge in [-0.05, 0) is 31.7 Å². The van der Waals surface area contributed by atoms with Gasteiger partial charge in [0, 0.05) is 24.6 Å². The zero-order valence-corrected chi connectivity index (χ0v) is 8.88. The van der Waals surface area contributed by atoms with Crippen molar-refractivity contribution in [3.63, 3.8) is 0 Å². The van der Waals surface area contributed by atoms with E-state index in [1.807, 2.05) is 31.6 Å². The molecule has 0 aromatic carbocycles. The third-order valence-corrected chi connectivity index (χ3v) is 2.44. The molecule has 4 nitrogen and oxygen atoms in total. The van der Waals surface area contributed by atoms with E-state index in [0.717, 1.165) is 5.82 Å². The normalized spacial score (nSPS) is 12.7. The van der Waals surface area contributed by atoms with E-state index in [1.54, 1.807) is 10.9 Å². The monoisotopic (exact) mass is 202 g/mol. The lowest BCUT2D eigenvalue weighted by Crippen LogP contribution is -2.12. The number of hydrogen-bond acceptors (Lipinski definition) is 3. The summed E-state index contributed by atoms with van der Waals surface area (Å²) in [6, 6.07) is 6.23. The fraction of sp³-hybridized carbons (Fsp3) is 0.273. The summed E-state index contributed by atoms with van der Waals surface area (Å²) < 4.78 is 1.74. The SMILES string of the molecule is CN[C@@H](C)c1ccc(-n2cccn2)nc1. The lowest BCUT2D eigenvalue weighted by Gasteiger charge is -2.10. The zero-order valence-electron chi connectivity index (χ0n) is 8.88. The molecule has 0 bridgehead atoms. The van der Waals surface area contributed by atoms with E-state index in [4.69, 9.17) is 0 Å². The lowest BCUT2D eigenvalue weighted by atomic mass is 10.1. The van der Waals surface area contributed by atoms with Crippen LogP contribution in [-0.4, -0.2) is 21.8 Å². The van der Waals surface area contributed by atoms with Crippen LogP contribution in [0.2, 0.25) is 0 Å². The third kappa shape index (κ3) is 2.05. The Hall–Kier alpha value is -1.68. The van der Waals surface area contributed by atoms with Gasteiger partial charge in [-0.3, -0.25) is 0 Å². The minimum atomic E-state index is 0.323. The summed E-state index contributed by atoms with van der Waals surface area (Å²) in [5.74, 6) is 0.840. The van der Waals surface area contributed by atoms with Crippen molar-refractivity contribution in [2.75, 3.05) is 7.05 Å². The van der Waals surface area contributed by atoms with E-state index >= 15 is 0 Å². The minimum Gasteiger partial charge on any atom is -0.313 e. The molecule has 2 rings (SSSR count). The molecule has 2 aromatic rings. The lowest BCUT2D eigenvalue weighted by molar-refractivity contribution is 0.648. The summed E-state index contributed by atoms with van der Waals surface area (Å²) in [6.45, 7) is 2.10. The quantitative estimate of drug-likeness (QED) is 0.821. The molecule has 4 heteroatoms. The fourth-order valence-corrected chi connectivity index (χ4v) is 1.36. The van der Waals surface area contributed by atoms with Crippen molar-refractivity contribution in [1.82, 2.24) is 20.1 Å². The molecule has 2 heterocycles. The van der Waals surface area contributed by atoms with Crippen LogP contribution in [-0.2, 0) is 0 Å². The number of nitrogens with zero attached hydrogens (tertiary/aromatic N) is 3. The molecular formula is C11H14N4. The van der Waals surface area contributed by atoms with Crippen LogP contribution in [0.25, 0.3) is 5.82 Å². The summed E-state index contributed by atoms with van der Waals surface area (Å²) in [5.41, 5.74) is 1.17. The van der Waals surface area contributed by atoms with E-state index in [9.17, 15) is 0 Å². The first kappa shape index (κ1) is 9.86. The van der Waals surface area contributed by atoms with Crippen LogP contribution in [0.4, 0.5) is 0 Å². The van der Waals surface area contributed by atoms with E-state index in [1.165, 1.54) is 5.56 Å². The van der Waals surface area contributed by atoms with Crippen LogP contribution >= 0.6 is 0 Å². The largest absolute Gasteiger partial charge is 0.313 e. The van der Waals surface area contributed by atoms with Crippen molar-refractivity contribution in [3.8, 4) is 5.82 Å². The Morgan fingerprint density at radius 1 is 1.40 bits per heavy atom. The molecule has 0 fully saturated rings. The van der Waals surface area contributed by atoms with Crippen molar-refractivity contribution < 1.29 is 0 Å². The van der Waals surface area contributed by atoms with Crippen molar-refractivity contribution in [3.05, 3.63) is 42.4 Å². The number of nitrogens with one attached hydrogen (secondary N) is 1. The van der Waals surface area contributed by atoms with E-state index in [2.05, 4.69) is 28.4 Å². The van der Waals surface area contributed by atoms with Gasteiger partial charge in [-0.1, -0.05) is 6.07 Å². The number of hydrogen-bond donors (Lipinski definition) is 1. The van der Waals surface area contributed by atoms with Crippen LogP contribution in [0, 0.1) is 0 Å². The summed E-state index contributed by atoms with van der Waals surface area (Å²) in [4.78, 5) is 4.35. The molecule has 1 N–H and O–H groups in total. The molecule has 0 aliphatic heterocycles. The Labute approximate surface area is 89.0 Å². The Kier molecular flexibility index (Phi) is 2.78. The second-order valence-corrected chi connectivity index (χ2v) is 3.41. The van der Waals surface area contributed by atoms with Crippen molar-refractivity contribution >= 4 is 0 Å². The third-order valence-electron chi connectivity index (χ3n) is 2.44. The smallest absolute Gasteiger partial charge is 0.153 e. The van der Waals surface area contributed by atoms with Gasteiger partial charge in [0.2, 0.25) is 0 Å². The van der Waals surface area contributed by atoms with Crippen LogP contribution in [0.3, 0.4) is 0 Å². The van der Waals surface area contributed by atoms with Crippen LogP contribution in [0.15, 0.2) is 36.8 Å². The zero-order chi connectivity index (χ0) is 10.7. The Morgan fingerprint density at radius 2 is 2.27 bits per heavy atom. The highest BCUT2D eigenvalue weighted by atomic mass is 15.3. The van der Waals surface area contributed by atoms with Gasteiger partial charge in [-0.2, -0.15) is 5.10 Å². The van der Waals surface area contributed by atoms with Crippen LogP contribution in [0.5, 0.6) is 0 Å². The fourth-order valence-electron chi connectivity index (χ4n) is 1.36. The van der Waals surface area contributed by atoms with Gasteiger partial charge in [0.1, 0.15) is 0 Å². The van der Waals surface area contributed by atoms with Crippen molar-refractivity contribution in [2.24, 2.45) is 0 Å². The van der Waals surface area contributed by atoms with Gasteiger partial charge in [0.25, 0.3) is 0 Å². The Bertz CT molecular complexity index is 405. The molecule has 0 radical (unpaired) electrons. The predicted octanol–water partition coefficient (Wildman–Crippen LogP) is 1.55. The Balaban J connectivity index is 2.25. The summed E-state index contributed by atoms with van der Waals surface area (Å²) in [5, 5.41) is 7.29. The maximum Gasteiger partial charge on any atom is 0.153 e. The highest BCUT2D eigenvalue weighted by molar-refractivity contribution is 5.25. The molecule has 1 atom stereocenters. The second kappa shape index (κ2) is 4.23. The van der Waals surface area contributed by atoms with Gasteiger partial charge in [0.15, 0.2) is 5.82 Å². The van der Waals surface area contributed by atoms with Crippen LogP contribution in [0.1, 0.15) is 18.5 Å². The highest BCUT2D eigenvalue weighted by Gasteiger charge is 2.03. The second-order valence-electron chi connectivity index (χ2n) is 3.41. The van der Waals surface area contributed by atoms with Crippen LogP contribution < -0.4 is 5.32 Å². The number of rotatable bonds is 3. The molecule has 0 unspecified atom stereocenters. The maximum absolute atomic E-state index is 4.35. The average molecular weight is 202 g/mol. The predicted molar refractivity (Wildman–Crippen MR) is 58.8 cm³/mol. The molecule has 0 saturated carbocycles. The average Bonchev–Trinajstić information content (AvgIpc) is 2.82. The molecule has 2 aromatic heterocycles. The number of aromatic nitrogens is 3. The molecule has 0 amide bonds. The summed E-state index contributed by atoms with van der Waals surface area (Å²) in [7, 11) is 1.94. The molecule has 0 aliphatic carbocycles. The highest BCUT2D eigenvalue weighted by Crippen LogP contribution is 2.11. The van der Waals surface area contributed by atoms with Gasteiger partial charge >= 0.3 is 0 Å². The first-order chi connectivity index (χ1) is 7.31. The van der Waals surface area contributed by atoms with E-state index in [0.29, 0.717) is 6.04 Å². The first-order valence-electron chi connectivity index (χ1n) is 4.94. The van der Waals surface area contributed by atoms with Crippen molar-refractivity contribution in [1.29, 1.82) is 0 Å². The maximum atomic E-state index is 4.35. The van der Waals surface area contributed by atoms with Gasteiger partial charge < -0.3 is 5.32 Å². The first-order valence-corrected chi connectivity index (χ1v) is 4.94.